The highest BCUT2D eigenvalue weighted by molar-refractivity contribution is 7.86. The SMILES string of the molecule is O=S(=O)(O)c1ccc(-c2c3nc(c(-c4ccc(S(=O)(=O)O)cc4)c4ccc([nH]4)c(-c4ccc(S(=O)(=O)O)cc4)c4nc(c(-c5ccncc5)c5ccc2[nH]5)C=C4)C=C3)cc1. The Hall–Kier alpha value is -6.86. The molecule has 4 aromatic heterocycles. The molecule has 2 aliphatic rings. The molecule has 0 aliphatic carbocycles. The van der Waals surface area contributed by atoms with Crippen molar-refractivity contribution < 1.29 is 38.9 Å². The van der Waals surface area contributed by atoms with E-state index in [9.17, 15) is 38.9 Å². The van der Waals surface area contributed by atoms with Crippen LogP contribution in [0.3, 0.4) is 0 Å². The van der Waals surface area contributed by atoms with Gasteiger partial charge >= 0.3 is 0 Å². The molecule has 2 aliphatic heterocycles. The summed E-state index contributed by atoms with van der Waals surface area (Å²) in [5.74, 6) is 0. The summed E-state index contributed by atoms with van der Waals surface area (Å²) in [5, 5.41) is 0. The van der Waals surface area contributed by atoms with Crippen molar-refractivity contribution in [2.45, 2.75) is 14.7 Å². The first kappa shape index (κ1) is 38.6. The van der Waals surface area contributed by atoms with Crippen LogP contribution in [0.5, 0.6) is 0 Å². The average Bonchev–Trinajstić information content (AvgIpc) is 4.06. The highest BCUT2D eigenvalue weighted by Crippen LogP contribution is 2.39. The lowest BCUT2D eigenvalue weighted by molar-refractivity contribution is 0.481. The Kier molecular flexibility index (Phi) is 9.31. The molecule has 6 heterocycles. The van der Waals surface area contributed by atoms with Gasteiger partial charge < -0.3 is 9.97 Å². The van der Waals surface area contributed by atoms with Gasteiger partial charge in [-0.1, -0.05) is 36.4 Å². The highest BCUT2D eigenvalue weighted by Gasteiger charge is 2.21. The third-order valence-corrected chi connectivity index (χ3v) is 12.6. The van der Waals surface area contributed by atoms with Crippen molar-refractivity contribution in [3.63, 3.8) is 0 Å². The van der Waals surface area contributed by atoms with Gasteiger partial charge in [0.1, 0.15) is 0 Å². The first-order valence-electron chi connectivity index (χ1n) is 17.9. The number of aromatic nitrogens is 5. The molecule has 0 unspecified atom stereocenters. The van der Waals surface area contributed by atoms with Crippen molar-refractivity contribution >= 4 is 76.7 Å². The number of H-pyrrole nitrogens is 2. The molecule has 0 amide bonds. The topological polar surface area (TPSA) is 233 Å². The van der Waals surface area contributed by atoms with Crippen LogP contribution in [0.25, 0.3) is 90.9 Å². The number of pyridine rings is 1. The Labute approximate surface area is 342 Å². The minimum absolute atomic E-state index is 0.285. The molecule has 7 aromatic rings. The predicted molar refractivity (Wildman–Crippen MR) is 228 cm³/mol. The summed E-state index contributed by atoms with van der Waals surface area (Å²) in [6.07, 6.45) is 10.6. The number of hydrogen-bond donors (Lipinski definition) is 5. The summed E-state index contributed by atoms with van der Waals surface area (Å²) in [5.41, 5.74) is 9.32. The summed E-state index contributed by atoms with van der Waals surface area (Å²) in [6, 6.07) is 28.2. The fourth-order valence-electron chi connectivity index (χ4n) is 7.32. The molecule has 17 heteroatoms. The molecule has 0 radical (unpaired) electrons. The van der Waals surface area contributed by atoms with E-state index in [1.807, 2.05) is 48.6 Å². The maximum atomic E-state index is 12.0. The van der Waals surface area contributed by atoms with Crippen LogP contribution >= 0.6 is 0 Å². The van der Waals surface area contributed by atoms with E-state index in [1.54, 1.807) is 60.9 Å². The third kappa shape index (κ3) is 7.25. The van der Waals surface area contributed by atoms with Gasteiger partial charge in [0, 0.05) is 56.7 Å². The van der Waals surface area contributed by atoms with E-state index in [4.69, 9.17) is 9.97 Å². The van der Waals surface area contributed by atoms with Crippen molar-refractivity contribution in [3.8, 4) is 44.5 Å². The van der Waals surface area contributed by atoms with Gasteiger partial charge in [0.25, 0.3) is 30.4 Å². The second kappa shape index (κ2) is 14.5. The molecule has 0 saturated carbocycles. The predicted octanol–water partition coefficient (Wildman–Crippen LogP) is 8.46. The summed E-state index contributed by atoms with van der Waals surface area (Å²) in [4.78, 5) is 20.6. The lowest BCUT2D eigenvalue weighted by Gasteiger charge is -2.08. The number of fused-ring (bicyclic) bond motifs is 8. The first-order valence-corrected chi connectivity index (χ1v) is 22.2. The van der Waals surface area contributed by atoms with E-state index in [2.05, 4.69) is 15.0 Å². The smallest absolute Gasteiger partial charge is 0.294 e. The molecule has 0 fully saturated rings. The van der Waals surface area contributed by atoms with Crippen molar-refractivity contribution in [3.05, 3.63) is 144 Å². The van der Waals surface area contributed by atoms with Gasteiger partial charge in [0.05, 0.1) is 37.5 Å². The number of rotatable bonds is 7. The van der Waals surface area contributed by atoms with Gasteiger partial charge in [-0.3, -0.25) is 18.6 Å². The molecule has 9 rings (SSSR count). The summed E-state index contributed by atoms with van der Waals surface area (Å²) >= 11 is 0. The normalized spacial score (nSPS) is 12.8. The quantitative estimate of drug-likeness (QED) is 0.0950. The molecule has 0 spiro atoms. The second-order valence-electron chi connectivity index (χ2n) is 13.7. The van der Waals surface area contributed by atoms with Crippen molar-refractivity contribution in [2.75, 3.05) is 0 Å². The molecule has 0 saturated heterocycles. The lowest BCUT2D eigenvalue weighted by atomic mass is 10.0. The van der Waals surface area contributed by atoms with Crippen LogP contribution in [-0.4, -0.2) is 63.8 Å². The van der Waals surface area contributed by atoms with Gasteiger partial charge in [0.15, 0.2) is 0 Å². The molecular weight excluding hydrogens is 827 g/mol. The Morgan fingerprint density at radius 2 is 0.600 bits per heavy atom. The van der Waals surface area contributed by atoms with E-state index in [0.717, 1.165) is 11.1 Å². The first-order chi connectivity index (χ1) is 28.6. The van der Waals surface area contributed by atoms with Crippen LogP contribution < -0.4 is 0 Å². The van der Waals surface area contributed by atoms with E-state index in [-0.39, 0.29) is 14.7 Å². The van der Waals surface area contributed by atoms with Crippen LogP contribution in [0.1, 0.15) is 22.8 Å². The lowest BCUT2D eigenvalue weighted by Crippen LogP contribution is -1.97. The minimum atomic E-state index is -4.51. The van der Waals surface area contributed by atoms with E-state index < -0.39 is 30.4 Å². The van der Waals surface area contributed by atoms with Crippen LogP contribution in [0.15, 0.2) is 136 Å². The molecule has 14 nitrogen and oxygen atoms in total. The Bertz CT molecular complexity index is 3400. The van der Waals surface area contributed by atoms with Crippen molar-refractivity contribution in [1.29, 1.82) is 0 Å². The zero-order valence-electron chi connectivity index (χ0n) is 30.7. The van der Waals surface area contributed by atoms with Gasteiger partial charge in [-0.2, -0.15) is 25.3 Å². The fourth-order valence-corrected chi connectivity index (χ4v) is 8.76. The largest absolute Gasteiger partial charge is 0.354 e. The molecule has 3 aromatic carbocycles. The number of aromatic amines is 2. The van der Waals surface area contributed by atoms with E-state index in [1.165, 1.54) is 36.4 Å². The second-order valence-corrected chi connectivity index (χ2v) is 18.0. The molecular formula is C43H29N5O9S3. The standard InChI is InChI=1S/C43H29N5O9S3/c49-58(50,51)29-7-1-25(2-8-29)40-32-13-15-34(45-32)41(26-3-9-30(10-4-26)59(52,53)54)36-17-19-38(47-36)43(28-21-23-44-24-22-28)39-20-18-37(48-39)42(35-16-14-33(40)46-35)27-5-11-31(12-6-27)60(55,56)57/h1-24,45,48H,(H,49,50,51)(H,52,53,54)(H,55,56,57). The Balaban J connectivity index is 1.44. The van der Waals surface area contributed by atoms with E-state index in [0.29, 0.717) is 78.2 Å². The van der Waals surface area contributed by atoms with E-state index >= 15 is 0 Å². The van der Waals surface area contributed by atoms with Crippen LogP contribution in [0.4, 0.5) is 0 Å². The van der Waals surface area contributed by atoms with Crippen molar-refractivity contribution in [1.82, 2.24) is 24.9 Å². The third-order valence-electron chi connectivity index (χ3n) is 10.0. The molecule has 298 valence electrons. The molecule has 0 atom stereocenters. The number of nitrogens with one attached hydrogen (secondary N) is 2. The van der Waals surface area contributed by atoms with Gasteiger partial charge in [-0.25, -0.2) is 9.97 Å². The molecule has 60 heavy (non-hydrogen) atoms. The zero-order valence-corrected chi connectivity index (χ0v) is 33.2. The molecule has 8 bridgehead atoms. The monoisotopic (exact) mass is 855 g/mol. The average molecular weight is 856 g/mol. The maximum absolute atomic E-state index is 12.0. The number of nitrogens with zero attached hydrogens (tertiary/aromatic N) is 3. The fraction of sp³-hybridized carbons (Fsp3) is 0. The van der Waals surface area contributed by atoms with Gasteiger partial charge in [-0.15, -0.1) is 0 Å². The van der Waals surface area contributed by atoms with Gasteiger partial charge in [-0.05, 0) is 119 Å². The van der Waals surface area contributed by atoms with Crippen LogP contribution in [0.2, 0.25) is 0 Å². The van der Waals surface area contributed by atoms with Crippen LogP contribution in [-0.2, 0) is 30.4 Å². The number of hydrogen-bond acceptors (Lipinski definition) is 9. The Morgan fingerprint density at radius 3 is 0.850 bits per heavy atom. The van der Waals surface area contributed by atoms with Crippen LogP contribution in [0, 0.1) is 0 Å². The number of benzene rings is 3. The summed E-state index contributed by atoms with van der Waals surface area (Å²) in [6.45, 7) is 0. The maximum Gasteiger partial charge on any atom is 0.294 e. The Morgan fingerprint density at radius 1 is 0.350 bits per heavy atom. The van der Waals surface area contributed by atoms with Gasteiger partial charge in [0.2, 0.25) is 0 Å². The highest BCUT2D eigenvalue weighted by atomic mass is 32.2. The molecule has 5 N–H and O–H groups in total. The zero-order chi connectivity index (χ0) is 42.0. The summed E-state index contributed by atoms with van der Waals surface area (Å²) in [7, 11) is -13.5. The van der Waals surface area contributed by atoms with Crippen molar-refractivity contribution in [2.24, 2.45) is 0 Å². The minimum Gasteiger partial charge on any atom is -0.354 e. The summed E-state index contributed by atoms with van der Waals surface area (Å²) < 4.78 is 101.